The Labute approximate surface area is 191 Å². The summed E-state index contributed by atoms with van der Waals surface area (Å²) in [5, 5.41) is 6.09. The van der Waals surface area contributed by atoms with Gasteiger partial charge in [-0.3, -0.25) is 4.72 Å². The van der Waals surface area contributed by atoms with Crippen molar-refractivity contribution < 1.29 is 4.21 Å². The maximum absolute atomic E-state index is 13.5. The molecular weight excluding hydrogens is 440 g/mol. The minimum Gasteiger partial charge on any atom is -0.337 e. The zero-order chi connectivity index (χ0) is 22.1. The summed E-state index contributed by atoms with van der Waals surface area (Å²) in [7, 11) is -2.91. The summed E-state index contributed by atoms with van der Waals surface area (Å²) >= 11 is 5.98. The SMILES string of the molecule is C=S(=O)(Nc1nc2ccccc2nc1Nc1cccc2ccccc12)c1ccc(Cl)cc1. The zero-order valence-corrected chi connectivity index (χ0v) is 18.5. The van der Waals surface area contributed by atoms with Gasteiger partial charge in [-0.2, -0.15) is 0 Å². The number of nitrogens with one attached hydrogen (secondary N) is 2. The molecule has 0 aliphatic carbocycles. The molecule has 0 spiro atoms. The third-order valence-electron chi connectivity index (χ3n) is 5.07. The minimum absolute atomic E-state index is 0.353. The van der Waals surface area contributed by atoms with Crippen LogP contribution in [0.1, 0.15) is 0 Å². The quantitative estimate of drug-likeness (QED) is 0.304. The number of nitrogens with zero attached hydrogens (tertiary/aromatic N) is 2. The van der Waals surface area contributed by atoms with E-state index < -0.39 is 9.71 Å². The molecule has 1 unspecified atom stereocenters. The molecule has 158 valence electrons. The molecule has 5 nitrogen and oxygen atoms in total. The van der Waals surface area contributed by atoms with Gasteiger partial charge in [-0.05, 0) is 53.7 Å². The first kappa shape index (κ1) is 20.3. The van der Waals surface area contributed by atoms with Crippen LogP contribution in [0.5, 0.6) is 0 Å². The van der Waals surface area contributed by atoms with E-state index in [4.69, 9.17) is 21.6 Å². The second kappa shape index (κ2) is 8.15. The van der Waals surface area contributed by atoms with Crippen molar-refractivity contribution in [3.05, 3.63) is 96.0 Å². The molecule has 0 saturated carbocycles. The molecule has 1 aromatic heterocycles. The molecule has 0 bridgehead atoms. The molecule has 5 rings (SSSR count). The van der Waals surface area contributed by atoms with E-state index in [-0.39, 0.29) is 0 Å². The van der Waals surface area contributed by atoms with Crippen LogP contribution in [0.25, 0.3) is 21.8 Å². The topological polar surface area (TPSA) is 66.9 Å². The molecular formula is C25H19ClN4OS. The van der Waals surface area contributed by atoms with Gasteiger partial charge >= 0.3 is 0 Å². The van der Waals surface area contributed by atoms with Crippen molar-refractivity contribution in [2.45, 2.75) is 4.90 Å². The van der Waals surface area contributed by atoms with Gasteiger partial charge in [-0.1, -0.05) is 60.1 Å². The van der Waals surface area contributed by atoms with Crippen LogP contribution in [0.3, 0.4) is 0 Å². The van der Waals surface area contributed by atoms with Crippen LogP contribution < -0.4 is 10.0 Å². The molecule has 0 radical (unpaired) electrons. The van der Waals surface area contributed by atoms with Crippen LogP contribution in [0.4, 0.5) is 17.3 Å². The van der Waals surface area contributed by atoms with Gasteiger partial charge in [-0.15, -0.1) is 0 Å². The first-order valence-corrected chi connectivity index (χ1v) is 12.0. The van der Waals surface area contributed by atoms with E-state index >= 15 is 0 Å². The molecule has 1 heterocycles. The molecule has 2 N–H and O–H groups in total. The van der Waals surface area contributed by atoms with Crippen molar-refractivity contribution >= 4 is 66.3 Å². The van der Waals surface area contributed by atoms with Gasteiger partial charge in [0.15, 0.2) is 11.6 Å². The largest absolute Gasteiger partial charge is 0.337 e. The number of aromatic nitrogens is 2. The second-order valence-electron chi connectivity index (χ2n) is 7.29. The fourth-order valence-corrected chi connectivity index (χ4v) is 4.76. The molecule has 0 saturated heterocycles. The number of fused-ring (bicyclic) bond motifs is 2. The van der Waals surface area contributed by atoms with Crippen molar-refractivity contribution in [3.8, 4) is 0 Å². The van der Waals surface area contributed by atoms with E-state index in [0.717, 1.165) is 22.0 Å². The highest BCUT2D eigenvalue weighted by Crippen LogP contribution is 2.31. The van der Waals surface area contributed by atoms with Crippen molar-refractivity contribution in [1.29, 1.82) is 0 Å². The predicted octanol–water partition coefficient (Wildman–Crippen LogP) is 6.28. The maximum Gasteiger partial charge on any atom is 0.181 e. The van der Waals surface area contributed by atoms with Crippen molar-refractivity contribution in [2.75, 3.05) is 10.0 Å². The monoisotopic (exact) mass is 458 g/mol. The summed E-state index contributed by atoms with van der Waals surface area (Å²) < 4.78 is 16.5. The highest BCUT2D eigenvalue weighted by molar-refractivity contribution is 8.01. The summed E-state index contributed by atoms with van der Waals surface area (Å²) in [5.74, 6) is 4.74. The molecule has 7 heteroatoms. The van der Waals surface area contributed by atoms with Gasteiger partial charge in [-0.25, -0.2) is 14.2 Å². The van der Waals surface area contributed by atoms with Gasteiger partial charge < -0.3 is 5.32 Å². The minimum atomic E-state index is -2.91. The molecule has 1 atom stereocenters. The molecule has 0 aliphatic rings. The normalized spacial score (nSPS) is 13.0. The number of para-hydroxylation sites is 2. The molecule has 0 fully saturated rings. The van der Waals surface area contributed by atoms with Crippen LogP contribution in [0.2, 0.25) is 5.02 Å². The smallest absolute Gasteiger partial charge is 0.181 e. The zero-order valence-electron chi connectivity index (χ0n) is 17.0. The molecule has 0 aliphatic heterocycles. The summed E-state index contributed by atoms with van der Waals surface area (Å²) in [6, 6.07) is 28.4. The number of anilines is 3. The van der Waals surface area contributed by atoms with E-state index in [1.165, 1.54) is 0 Å². The fourth-order valence-electron chi connectivity index (χ4n) is 3.49. The number of rotatable bonds is 5. The average Bonchev–Trinajstić information content (AvgIpc) is 2.80. The Morgan fingerprint density at radius 1 is 0.750 bits per heavy atom. The number of halogens is 1. The Morgan fingerprint density at radius 3 is 2.12 bits per heavy atom. The van der Waals surface area contributed by atoms with Crippen molar-refractivity contribution in [2.24, 2.45) is 0 Å². The molecule has 32 heavy (non-hydrogen) atoms. The second-order valence-corrected chi connectivity index (χ2v) is 9.75. The van der Waals surface area contributed by atoms with Gasteiger partial charge in [0.2, 0.25) is 0 Å². The van der Waals surface area contributed by atoms with Crippen LogP contribution in [0, 0.1) is 0 Å². The van der Waals surface area contributed by atoms with E-state index in [0.29, 0.717) is 27.1 Å². The first-order chi connectivity index (χ1) is 15.5. The maximum atomic E-state index is 13.5. The van der Waals surface area contributed by atoms with Crippen LogP contribution >= 0.6 is 11.6 Å². The Bertz CT molecular complexity index is 1540. The van der Waals surface area contributed by atoms with Crippen LogP contribution in [-0.2, 0) is 9.71 Å². The molecule has 4 aromatic carbocycles. The van der Waals surface area contributed by atoms with Crippen molar-refractivity contribution in [3.63, 3.8) is 0 Å². The Hall–Kier alpha value is -3.61. The number of hydrogen-bond acceptors (Lipinski definition) is 4. The van der Waals surface area contributed by atoms with Gasteiger partial charge in [0.1, 0.15) is 0 Å². The van der Waals surface area contributed by atoms with E-state index in [1.54, 1.807) is 24.3 Å². The van der Waals surface area contributed by atoms with Gasteiger partial charge in [0, 0.05) is 21.0 Å². The standard InChI is InChI=1S/C25H19ClN4OS/c1-32(31,19-15-13-18(26)14-16-19)30-25-24(28-22-10-4-5-11-23(22)29-25)27-21-12-6-8-17-7-2-3-9-20(17)21/h2-16H,1H2,(H,27,28)(H,29,30,31). The Morgan fingerprint density at radius 2 is 1.38 bits per heavy atom. The van der Waals surface area contributed by atoms with Crippen LogP contribution in [0.15, 0.2) is 95.9 Å². The Kier molecular flexibility index (Phi) is 5.17. The van der Waals surface area contributed by atoms with Crippen molar-refractivity contribution in [1.82, 2.24) is 9.97 Å². The highest BCUT2D eigenvalue weighted by Gasteiger charge is 2.16. The number of benzene rings is 4. The first-order valence-electron chi connectivity index (χ1n) is 9.92. The van der Waals surface area contributed by atoms with Gasteiger partial charge in [0.25, 0.3) is 0 Å². The van der Waals surface area contributed by atoms with E-state index in [2.05, 4.69) is 28.0 Å². The van der Waals surface area contributed by atoms with Gasteiger partial charge in [0.05, 0.1) is 20.7 Å². The van der Waals surface area contributed by atoms with Crippen LogP contribution in [-0.4, -0.2) is 20.0 Å². The predicted molar refractivity (Wildman–Crippen MR) is 135 cm³/mol. The fraction of sp³-hybridized carbons (Fsp3) is 0. The third kappa shape index (κ3) is 3.98. The lowest BCUT2D eigenvalue weighted by atomic mass is 10.1. The highest BCUT2D eigenvalue weighted by atomic mass is 35.5. The Balaban J connectivity index is 1.61. The lowest BCUT2D eigenvalue weighted by Gasteiger charge is -2.17. The van der Waals surface area contributed by atoms with E-state index in [1.807, 2.05) is 54.6 Å². The summed E-state index contributed by atoms with van der Waals surface area (Å²) in [6.45, 7) is 0. The lowest BCUT2D eigenvalue weighted by molar-refractivity contribution is 0.684. The summed E-state index contributed by atoms with van der Waals surface area (Å²) in [5.41, 5.74) is 2.28. The lowest BCUT2D eigenvalue weighted by Crippen LogP contribution is -2.15. The average molecular weight is 459 g/mol. The summed E-state index contributed by atoms with van der Waals surface area (Å²) in [6.07, 6.45) is 0. The third-order valence-corrected chi connectivity index (χ3v) is 6.88. The number of hydrogen-bond donors (Lipinski definition) is 2. The molecule has 0 amide bonds. The molecule has 5 aromatic rings. The van der Waals surface area contributed by atoms with E-state index in [9.17, 15) is 4.21 Å². The summed E-state index contributed by atoms with van der Waals surface area (Å²) in [4.78, 5) is 9.98.